The van der Waals surface area contributed by atoms with Crippen LogP contribution in [-0.4, -0.2) is 34.8 Å². The van der Waals surface area contributed by atoms with Crippen LogP contribution in [-0.2, 0) is 9.53 Å². The summed E-state index contributed by atoms with van der Waals surface area (Å²) in [5.74, 6) is -3.05. The van der Waals surface area contributed by atoms with E-state index in [-0.39, 0.29) is 29.0 Å². The van der Waals surface area contributed by atoms with Gasteiger partial charge in [-0.2, -0.15) is 0 Å². The van der Waals surface area contributed by atoms with Crippen molar-refractivity contribution in [3.8, 4) is 11.1 Å². The summed E-state index contributed by atoms with van der Waals surface area (Å²) in [4.78, 5) is 40.3. The van der Waals surface area contributed by atoms with Gasteiger partial charge in [0, 0.05) is 22.4 Å². The summed E-state index contributed by atoms with van der Waals surface area (Å²) in [6.45, 7) is 8.54. The highest BCUT2D eigenvalue weighted by Crippen LogP contribution is 2.33. The number of nitrogens with one attached hydrogen (secondary N) is 2. The highest BCUT2D eigenvalue weighted by atomic mass is 19.1. The quantitative estimate of drug-likeness (QED) is 0.477. The lowest BCUT2D eigenvalue weighted by molar-refractivity contribution is -0.118. The van der Waals surface area contributed by atoms with E-state index in [1.54, 1.807) is 40.7 Å². The number of carbonyl (C=O) groups excluding carboxylic acids is 3. The van der Waals surface area contributed by atoms with E-state index in [1.807, 2.05) is 0 Å². The van der Waals surface area contributed by atoms with Crippen LogP contribution in [0.2, 0.25) is 0 Å². The zero-order valence-corrected chi connectivity index (χ0v) is 16.0. The maximum atomic E-state index is 14.5. The number of benzene rings is 1. The van der Waals surface area contributed by atoms with Crippen molar-refractivity contribution in [2.24, 2.45) is 0 Å². The number of ketones is 1. The van der Waals surface area contributed by atoms with Crippen molar-refractivity contribution in [2.45, 2.75) is 40.2 Å². The first-order valence-electron chi connectivity index (χ1n) is 8.58. The molecule has 0 spiro atoms. The fourth-order valence-corrected chi connectivity index (χ4v) is 2.70. The molecule has 0 saturated carbocycles. The molecule has 2 rings (SSSR count). The normalized spacial score (nSPS) is 11.2. The zero-order chi connectivity index (χ0) is 20.4. The van der Waals surface area contributed by atoms with Crippen LogP contribution in [0.5, 0.6) is 0 Å². The lowest BCUT2D eigenvalue weighted by Crippen LogP contribution is -2.44. The maximum absolute atomic E-state index is 14.5. The van der Waals surface area contributed by atoms with Crippen molar-refractivity contribution in [1.82, 2.24) is 10.3 Å². The Hall–Kier alpha value is -2.96. The minimum absolute atomic E-state index is 0.0260. The van der Waals surface area contributed by atoms with Crippen LogP contribution < -0.4 is 5.32 Å². The van der Waals surface area contributed by atoms with Crippen molar-refractivity contribution in [3.05, 3.63) is 47.0 Å². The Kier molecular flexibility index (Phi) is 5.83. The number of H-pyrrole nitrogens is 1. The molecule has 1 amide bonds. The van der Waals surface area contributed by atoms with Crippen LogP contribution in [0.25, 0.3) is 11.1 Å². The van der Waals surface area contributed by atoms with Crippen LogP contribution in [0.4, 0.5) is 4.39 Å². The van der Waals surface area contributed by atoms with E-state index < -0.39 is 29.0 Å². The van der Waals surface area contributed by atoms with Crippen LogP contribution in [0.3, 0.4) is 0 Å². The van der Waals surface area contributed by atoms with Crippen LogP contribution in [0, 0.1) is 12.7 Å². The molecule has 2 aromatic rings. The van der Waals surface area contributed by atoms with Crippen molar-refractivity contribution in [3.63, 3.8) is 0 Å². The molecule has 1 aromatic carbocycles. The number of rotatable bonds is 5. The van der Waals surface area contributed by atoms with Gasteiger partial charge in [0.25, 0.3) is 11.7 Å². The average molecular weight is 374 g/mol. The molecule has 6 nitrogen and oxygen atoms in total. The minimum Gasteiger partial charge on any atom is -0.462 e. The number of halogens is 1. The molecule has 0 bridgehead atoms. The topological polar surface area (TPSA) is 88.3 Å². The second-order valence-corrected chi connectivity index (χ2v) is 7.11. The number of aryl methyl sites for hydroxylation is 1. The van der Waals surface area contributed by atoms with E-state index in [2.05, 4.69) is 10.3 Å². The SMILES string of the molecule is CCOC(=O)c1c(C)[nH]c(C(=O)C(=O)NC(C)(C)C)c1-c1ccccc1F. The Morgan fingerprint density at radius 1 is 1.19 bits per heavy atom. The minimum atomic E-state index is -0.887. The van der Waals surface area contributed by atoms with Crippen molar-refractivity contribution < 1.29 is 23.5 Å². The Morgan fingerprint density at radius 3 is 2.37 bits per heavy atom. The predicted octanol–water partition coefficient (Wildman–Crippen LogP) is 3.40. The van der Waals surface area contributed by atoms with Gasteiger partial charge >= 0.3 is 5.97 Å². The van der Waals surface area contributed by atoms with Gasteiger partial charge in [0.2, 0.25) is 0 Å². The summed E-state index contributed by atoms with van der Waals surface area (Å²) in [7, 11) is 0. The second-order valence-electron chi connectivity index (χ2n) is 7.11. The number of aromatic amines is 1. The van der Waals surface area contributed by atoms with E-state index in [4.69, 9.17) is 4.74 Å². The zero-order valence-electron chi connectivity index (χ0n) is 16.0. The standard InChI is InChI=1S/C20H23FN2O4/c1-6-27-19(26)14-11(2)22-16(17(24)18(25)23-20(3,4)5)15(14)12-9-7-8-10-13(12)21/h7-10,22H,6H2,1-5H3,(H,23,25). The van der Waals surface area contributed by atoms with Gasteiger partial charge in [0.15, 0.2) is 0 Å². The predicted molar refractivity (Wildman–Crippen MR) is 99.1 cm³/mol. The van der Waals surface area contributed by atoms with E-state index in [0.29, 0.717) is 5.69 Å². The molecule has 0 saturated heterocycles. The summed E-state index contributed by atoms with van der Waals surface area (Å²) in [6, 6.07) is 5.74. The first-order valence-corrected chi connectivity index (χ1v) is 8.58. The van der Waals surface area contributed by atoms with Crippen molar-refractivity contribution >= 4 is 17.7 Å². The largest absolute Gasteiger partial charge is 0.462 e. The highest BCUT2D eigenvalue weighted by molar-refractivity contribution is 6.44. The second kappa shape index (κ2) is 7.73. The van der Waals surface area contributed by atoms with Crippen LogP contribution in [0.15, 0.2) is 24.3 Å². The number of esters is 1. The van der Waals surface area contributed by atoms with Gasteiger partial charge in [-0.1, -0.05) is 18.2 Å². The third-order valence-electron chi connectivity index (χ3n) is 3.73. The molecule has 2 N–H and O–H groups in total. The van der Waals surface area contributed by atoms with Crippen molar-refractivity contribution in [1.29, 1.82) is 0 Å². The number of aromatic nitrogens is 1. The molecule has 7 heteroatoms. The van der Waals surface area contributed by atoms with E-state index in [1.165, 1.54) is 18.2 Å². The molecule has 27 heavy (non-hydrogen) atoms. The molecule has 0 fully saturated rings. The van der Waals surface area contributed by atoms with Gasteiger partial charge in [-0.3, -0.25) is 9.59 Å². The Morgan fingerprint density at radius 2 is 1.81 bits per heavy atom. The molecule has 0 aliphatic heterocycles. The van der Waals surface area contributed by atoms with Gasteiger partial charge in [-0.05, 0) is 40.7 Å². The van der Waals surface area contributed by atoms with Gasteiger partial charge in [0.1, 0.15) is 11.5 Å². The number of carbonyl (C=O) groups is 3. The smallest absolute Gasteiger partial charge is 0.340 e. The summed E-state index contributed by atoms with van der Waals surface area (Å²) in [5, 5.41) is 2.58. The average Bonchev–Trinajstić information content (AvgIpc) is 2.90. The maximum Gasteiger partial charge on any atom is 0.340 e. The Labute approximate surface area is 157 Å². The molecule has 0 aliphatic rings. The van der Waals surface area contributed by atoms with E-state index in [9.17, 15) is 18.8 Å². The Bertz CT molecular complexity index is 894. The third kappa shape index (κ3) is 4.42. The lowest BCUT2D eigenvalue weighted by Gasteiger charge is -2.19. The van der Waals surface area contributed by atoms with Gasteiger partial charge in [-0.25, -0.2) is 9.18 Å². The number of hydrogen-bond donors (Lipinski definition) is 2. The molecular formula is C20H23FN2O4. The molecule has 144 valence electrons. The fourth-order valence-electron chi connectivity index (χ4n) is 2.70. The highest BCUT2D eigenvalue weighted by Gasteiger charge is 2.32. The number of Topliss-reactive ketones (excluding diaryl/α,β-unsaturated/α-hetero) is 1. The number of amides is 1. The van der Waals surface area contributed by atoms with Crippen LogP contribution >= 0.6 is 0 Å². The van der Waals surface area contributed by atoms with Gasteiger partial charge < -0.3 is 15.0 Å². The summed E-state index contributed by atoms with van der Waals surface area (Å²) < 4.78 is 19.5. The molecule has 0 atom stereocenters. The first kappa shape index (κ1) is 20.4. The van der Waals surface area contributed by atoms with E-state index >= 15 is 0 Å². The van der Waals surface area contributed by atoms with E-state index in [0.717, 1.165) is 0 Å². The first-order chi connectivity index (χ1) is 12.6. The monoisotopic (exact) mass is 374 g/mol. The summed E-state index contributed by atoms with van der Waals surface area (Å²) in [5.41, 5.74) is -0.360. The van der Waals surface area contributed by atoms with Gasteiger partial charge in [-0.15, -0.1) is 0 Å². The molecular weight excluding hydrogens is 351 g/mol. The summed E-state index contributed by atoms with van der Waals surface area (Å²) in [6.07, 6.45) is 0. The lowest BCUT2D eigenvalue weighted by atomic mass is 9.97. The fraction of sp³-hybridized carbons (Fsp3) is 0.350. The third-order valence-corrected chi connectivity index (χ3v) is 3.73. The van der Waals surface area contributed by atoms with Crippen LogP contribution in [0.1, 0.15) is 54.2 Å². The number of ether oxygens (including phenoxy) is 1. The molecule has 0 aliphatic carbocycles. The molecule has 0 unspecified atom stereocenters. The summed E-state index contributed by atoms with van der Waals surface area (Å²) >= 11 is 0. The van der Waals surface area contributed by atoms with Gasteiger partial charge in [0.05, 0.1) is 12.2 Å². The molecule has 1 heterocycles. The number of hydrogen-bond acceptors (Lipinski definition) is 4. The van der Waals surface area contributed by atoms with Crippen molar-refractivity contribution in [2.75, 3.05) is 6.61 Å². The molecule has 0 radical (unpaired) electrons. The Balaban J connectivity index is 2.67. The molecule has 1 aromatic heterocycles.